The molecule has 0 unspecified atom stereocenters. The van der Waals surface area contributed by atoms with Gasteiger partial charge in [-0.2, -0.15) is 0 Å². The smallest absolute Gasteiger partial charge is 0.164 e. The Morgan fingerprint density at radius 3 is 1.59 bits per heavy atom. The number of hydrogen-bond donors (Lipinski definition) is 0. The second kappa shape index (κ2) is 11.0. The molecule has 0 aliphatic carbocycles. The quantitative estimate of drug-likeness (QED) is 0.183. The van der Waals surface area contributed by atoms with Gasteiger partial charge in [-0.05, 0) is 39.9 Å². The summed E-state index contributed by atoms with van der Waals surface area (Å²) < 4.78 is 2.44. The highest BCUT2D eigenvalue weighted by Crippen LogP contribution is 2.43. The van der Waals surface area contributed by atoms with Crippen LogP contribution < -0.4 is 0 Å². The minimum absolute atomic E-state index is 0.641. The van der Waals surface area contributed by atoms with E-state index < -0.39 is 0 Å². The molecule has 0 bridgehead atoms. The molecular formula is C45H28N4. The standard InChI is InChI=1S/C45H28N4/c1-3-14-30(15-4-1)43-46-44(31-16-5-2-6-17-31)48-45(47-43)34-25-26-38-40(28-34)49-39-22-12-11-20-36(39)35-19-9-10-21-37(35)42(49)41(38)33-24-23-29-13-7-8-18-32(29)27-33/h1-28H. The average Bonchev–Trinajstić information content (AvgIpc) is 3.53. The lowest BCUT2D eigenvalue weighted by Crippen LogP contribution is -2.00. The van der Waals surface area contributed by atoms with Gasteiger partial charge in [0.15, 0.2) is 17.5 Å². The molecule has 7 aromatic carbocycles. The topological polar surface area (TPSA) is 43.1 Å². The van der Waals surface area contributed by atoms with E-state index in [1.54, 1.807) is 0 Å². The number of pyridine rings is 1. The first-order valence-corrected chi connectivity index (χ1v) is 16.5. The van der Waals surface area contributed by atoms with Crippen molar-refractivity contribution in [2.75, 3.05) is 0 Å². The highest BCUT2D eigenvalue weighted by molar-refractivity contribution is 6.22. The molecule has 0 fully saturated rings. The largest absolute Gasteiger partial charge is 0.308 e. The third-order valence-corrected chi connectivity index (χ3v) is 9.58. The molecule has 3 aromatic heterocycles. The highest BCUT2D eigenvalue weighted by Gasteiger charge is 2.21. The predicted molar refractivity (Wildman–Crippen MR) is 203 cm³/mol. The number of nitrogens with zero attached hydrogens (tertiary/aromatic N) is 4. The van der Waals surface area contributed by atoms with Crippen molar-refractivity contribution in [3.63, 3.8) is 0 Å². The molecule has 0 amide bonds. The van der Waals surface area contributed by atoms with Crippen molar-refractivity contribution >= 4 is 48.9 Å². The Bertz CT molecular complexity index is 2820. The SMILES string of the molecule is c1ccc(-c2nc(-c3ccccc3)nc(-c3ccc4c(-c5ccc6ccccc6c5)c5c6ccccc6c6ccccc6n5c4c3)n2)cc1. The van der Waals surface area contributed by atoms with Gasteiger partial charge in [0.2, 0.25) is 0 Å². The van der Waals surface area contributed by atoms with Crippen LogP contribution in [-0.4, -0.2) is 19.4 Å². The van der Waals surface area contributed by atoms with E-state index in [-0.39, 0.29) is 0 Å². The van der Waals surface area contributed by atoms with Crippen molar-refractivity contribution in [1.29, 1.82) is 0 Å². The summed E-state index contributed by atoms with van der Waals surface area (Å²) in [5.41, 5.74) is 8.73. The van der Waals surface area contributed by atoms with Crippen LogP contribution in [0.1, 0.15) is 0 Å². The zero-order chi connectivity index (χ0) is 32.3. The van der Waals surface area contributed by atoms with E-state index in [1.807, 2.05) is 60.7 Å². The Morgan fingerprint density at radius 1 is 0.327 bits per heavy atom. The molecule has 0 aliphatic heterocycles. The minimum atomic E-state index is 0.641. The fraction of sp³-hybridized carbons (Fsp3) is 0. The first kappa shape index (κ1) is 27.5. The molecule has 10 aromatic rings. The molecule has 0 saturated carbocycles. The molecular weight excluding hydrogens is 597 g/mol. The molecule has 228 valence electrons. The van der Waals surface area contributed by atoms with Crippen molar-refractivity contribution in [3.05, 3.63) is 170 Å². The van der Waals surface area contributed by atoms with Gasteiger partial charge in [-0.25, -0.2) is 15.0 Å². The van der Waals surface area contributed by atoms with Gasteiger partial charge in [0.1, 0.15) is 0 Å². The van der Waals surface area contributed by atoms with Crippen LogP contribution in [-0.2, 0) is 0 Å². The molecule has 4 heteroatoms. The Kier molecular flexibility index (Phi) is 6.15. The van der Waals surface area contributed by atoms with E-state index in [1.165, 1.54) is 49.0 Å². The van der Waals surface area contributed by atoms with Crippen molar-refractivity contribution < 1.29 is 0 Å². The molecule has 3 heterocycles. The fourth-order valence-electron chi connectivity index (χ4n) is 7.33. The summed E-state index contributed by atoms with van der Waals surface area (Å²) in [7, 11) is 0. The summed E-state index contributed by atoms with van der Waals surface area (Å²) in [6.07, 6.45) is 0. The van der Waals surface area contributed by atoms with Crippen LogP contribution in [0, 0.1) is 0 Å². The van der Waals surface area contributed by atoms with E-state index in [4.69, 9.17) is 15.0 Å². The van der Waals surface area contributed by atoms with Crippen molar-refractivity contribution in [3.8, 4) is 45.3 Å². The van der Waals surface area contributed by atoms with E-state index >= 15 is 0 Å². The first-order chi connectivity index (χ1) is 24.3. The monoisotopic (exact) mass is 624 g/mol. The maximum atomic E-state index is 5.07. The van der Waals surface area contributed by atoms with Gasteiger partial charge in [-0.3, -0.25) is 0 Å². The van der Waals surface area contributed by atoms with Crippen molar-refractivity contribution in [1.82, 2.24) is 19.4 Å². The predicted octanol–water partition coefficient (Wildman–Crippen LogP) is 11.4. The van der Waals surface area contributed by atoms with Gasteiger partial charge >= 0.3 is 0 Å². The van der Waals surface area contributed by atoms with Crippen LogP contribution in [0.4, 0.5) is 0 Å². The second-order valence-electron chi connectivity index (χ2n) is 12.5. The lowest BCUT2D eigenvalue weighted by atomic mass is 9.96. The summed E-state index contributed by atoms with van der Waals surface area (Å²) in [5, 5.41) is 7.32. The Balaban J connectivity index is 1.31. The maximum Gasteiger partial charge on any atom is 0.164 e. The number of fused-ring (bicyclic) bond motifs is 9. The van der Waals surface area contributed by atoms with Gasteiger partial charge in [0.05, 0.1) is 16.6 Å². The number of benzene rings is 7. The van der Waals surface area contributed by atoms with Crippen LogP contribution in [0.15, 0.2) is 170 Å². The molecule has 0 N–H and O–H groups in total. The molecule has 0 spiro atoms. The molecule has 49 heavy (non-hydrogen) atoms. The van der Waals surface area contributed by atoms with Crippen molar-refractivity contribution in [2.45, 2.75) is 0 Å². The molecule has 0 saturated heterocycles. The summed E-state index contributed by atoms with van der Waals surface area (Å²) in [6.45, 7) is 0. The second-order valence-corrected chi connectivity index (χ2v) is 12.5. The third kappa shape index (κ3) is 4.42. The minimum Gasteiger partial charge on any atom is -0.308 e. The third-order valence-electron chi connectivity index (χ3n) is 9.58. The van der Waals surface area contributed by atoms with Crippen molar-refractivity contribution in [2.24, 2.45) is 0 Å². The van der Waals surface area contributed by atoms with Crippen LogP contribution in [0.5, 0.6) is 0 Å². The van der Waals surface area contributed by atoms with E-state index in [0.717, 1.165) is 27.7 Å². The highest BCUT2D eigenvalue weighted by atomic mass is 15.0. The average molecular weight is 625 g/mol. The lowest BCUT2D eigenvalue weighted by molar-refractivity contribution is 1.07. The van der Waals surface area contributed by atoms with Gasteiger partial charge in [0.25, 0.3) is 0 Å². The zero-order valence-electron chi connectivity index (χ0n) is 26.5. The number of hydrogen-bond acceptors (Lipinski definition) is 3. The van der Waals surface area contributed by atoms with Crippen LogP contribution in [0.2, 0.25) is 0 Å². The first-order valence-electron chi connectivity index (χ1n) is 16.5. The van der Waals surface area contributed by atoms with Gasteiger partial charge < -0.3 is 4.40 Å². The normalized spacial score (nSPS) is 11.7. The van der Waals surface area contributed by atoms with Crippen LogP contribution >= 0.6 is 0 Å². The number of para-hydroxylation sites is 1. The lowest BCUT2D eigenvalue weighted by Gasteiger charge is -2.12. The Hall–Kier alpha value is -6.65. The Labute approximate surface area is 282 Å². The molecule has 0 aliphatic rings. The van der Waals surface area contributed by atoms with Gasteiger partial charge in [-0.1, -0.05) is 152 Å². The fourth-order valence-corrected chi connectivity index (χ4v) is 7.33. The molecule has 0 radical (unpaired) electrons. The number of rotatable bonds is 4. The summed E-state index contributed by atoms with van der Waals surface area (Å²) in [4.78, 5) is 15.1. The zero-order valence-corrected chi connectivity index (χ0v) is 26.5. The molecule has 0 atom stereocenters. The molecule has 4 nitrogen and oxygen atoms in total. The van der Waals surface area contributed by atoms with E-state index in [0.29, 0.717) is 17.5 Å². The van der Waals surface area contributed by atoms with Crippen LogP contribution in [0.25, 0.3) is 94.2 Å². The summed E-state index contributed by atoms with van der Waals surface area (Å²) in [5.74, 6) is 1.94. The van der Waals surface area contributed by atoms with E-state index in [2.05, 4.69) is 114 Å². The summed E-state index contributed by atoms with van der Waals surface area (Å²) in [6, 6.07) is 59.8. The maximum absolute atomic E-state index is 5.07. The number of aromatic nitrogens is 4. The van der Waals surface area contributed by atoms with E-state index in [9.17, 15) is 0 Å². The summed E-state index contributed by atoms with van der Waals surface area (Å²) >= 11 is 0. The van der Waals surface area contributed by atoms with Gasteiger partial charge in [-0.15, -0.1) is 0 Å². The Morgan fingerprint density at radius 2 is 0.878 bits per heavy atom. The van der Waals surface area contributed by atoms with Gasteiger partial charge in [0, 0.05) is 38.4 Å². The van der Waals surface area contributed by atoms with Crippen LogP contribution in [0.3, 0.4) is 0 Å². The molecule has 10 rings (SSSR count).